The van der Waals surface area contributed by atoms with E-state index in [2.05, 4.69) is 57.1 Å². The van der Waals surface area contributed by atoms with Gasteiger partial charge < -0.3 is 14.8 Å². The van der Waals surface area contributed by atoms with E-state index >= 15 is 0 Å². The van der Waals surface area contributed by atoms with Crippen LogP contribution >= 0.6 is 11.6 Å². The molecule has 0 saturated carbocycles. The molecule has 0 spiro atoms. The number of pyridine rings is 1. The Balaban J connectivity index is 0.000000731. The van der Waals surface area contributed by atoms with Gasteiger partial charge in [-0.3, -0.25) is 14.5 Å². The summed E-state index contributed by atoms with van der Waals surface area (Å²) in [5.41, 5.74) is 4.32. The summed E-state index contributed by atoms with van der Waals surface area (Å²) in [5, 5.41) is 13.4. The average Bonchev–Trinajstić information content (AvgIpc) is 3.88. The number of aryl methyl sites for hydroxylation is 1. The van der Waals surface area contributed by atoms with Crippen molar-refractivity contribution in [1.82, 2.24) is 20.0 Å². The number of hydrogen-bond donors (Lipinski definition) is 1. The third-order valence-electron chi connectivity index (χ3n) is 6.92. The summed E-state index contributed by atoms with van der Waals surface area (Å²) in [6.45, 7) is 2.77. The number of carbonyl (C=O) groups is 1. The van der Waals surface area contributed by atoms with E-state index in [0.29, 0.717) is 43.5 Å². The van der Waals surface area contributed by atoms with Crippen molar-refractivity contribution < 1.29 is 31.3 Å². The maximum atomic E-state index is 12.3. The molecule has 6 rings (SSSR count). The minimum absolute atomic E-state index is 0. The smallest absolute Gasteiger partial charge is 0.494 e. The van der Waals surface area contributed by atoms with Gasteiger partial charge in [0.1, 0.15) is 11.4 Å². The number of rotatable bonds is 14. The fourth-order valence-corrected chi connectivity index (χ4v) is 4.78. The van der Waals surface area contributed by atoms with Gasteiger partial charge in [-0.25, -0.2) is 0 Å². The van der Waals surface area contributed by atoms with Crippen molar-refractivity contribution in [1.29, 1.82) is 0 Å². The van der Waals surface area contributed by atoms with Crippen LogP contribution in [0.25, 0.3) is 10.9 Å². The zero-order valence-electron chi connectivity index (χ0n) is 25.4. The fraction of sp³-hybridized carbons (Fsp3) is 0.222. The molecule has 0 bridgehead atoms. The molecule has 2 aromatic heterocycles. The first-order valence-electron chi connectivity index (χ1n) is 15.0. The van der Waals surface area contributed by atoms with Gasteiger partial charge in [0.15, 0.2) is 5.78 Å². The largest absolute Gasteiger partial charge is 2.00 e. The van der Waals surface area contributed by atoms with Crippen molar-refractivity contribution in [2.45, 2.75) is 32.4 Å². The average molecular weight is 678 g/mol. The summed E-state index contributed by atoms with van der Waals surface area (Å²) in [5.74, 6) is 0.704. The van der Waals surface area contributed by atoms with Gasteiger partial charge in [0.25, 0.3) is 0 Å². The van der Waals surface area contributed by atoms with E-state index in [1.54, 1.807) is 29.1 Å². The number of anilines is 1. The standard InChI is InChI=1S/C31H30ClN5O3.C5H6.Fe/c32-25-9-12-28-29(14-15-33-30(28)20-25)34-16-19-39-22-26-21-37(36-35-26)17-3-18-40-27-10-7-24(8-11-27)31(38)13-6-23-4-1-2-5-23;1-2-4-5-3-1;/h1,4-15,20-21H,2-3,16-19,22H2,(H,33,34);1-4H,5H2;/q;;+2/b13-6+;;. The number of benzene rings is 2. The minimum atomic E-state index is -0.0249. The van der Waals surface area contributed by atoms with Gasteiger partial charge in [-0.15, -0.1) is 5.10 Å². The molecule has 2 aliphatic carbocycles. The Kier molecular flexibility index (Phi) is 14.0. The van der Waals surface area contributed by atoms with Gasteiger partial charge in [-0.2, -0.15) is 0 Å². The summed E-state index contributed by atoms with van der Waals surface area (Å²) in [6.07, 6.45) is 24.4. The molecular formula is C36H36ClFeN5O3+2. The molecule has 46 heavy (non-hydrogen) atoms. The molecule has 0 atom stereocenters. The number of halogens is 1. The second kappa shape index (κ2) is 18.6. The molecule has 0 radical (unpaired) electrons. The Morgan fingerprint density at radius 1 is 1.02 bits per heavy atom. The van der Waals surface area contributed by atoms with Crippen molar-refractivity contribution in [3.8, 4) is 5.75 Å². The number of ether oxygens (including phenoxy) is 2. The zero-order chi connectivity index (χ0) is 31.1. The van der Waals surface area contributed by atoms with Crippen LogP contribution in [0.4, 0.5) is 5.69 Å². The molecule has 2 aliphatic rings. The number of allylic oxidation sites excluding steroid dienone is 10. The summed E-state index contributed by atoms with van der Waals surface area (Å²) in [4.78, 5) is 16.7. The van der Waals surface area contributed by atoms with Gasteiger partial charge in [0.05, 0.1) is 31.5 Å². The predicted octanol–water partition coefficient (Wildman–Crippen LogP) is 7.70. The van der Waals surface area contributed by atoms with E-state index < -0.39 is 0 Å². The summed E-state index contributed by atoms with van der Waals surface area (Å²) in [6, 6.07) is 14.8. The Morgan fingerprint density at radius 3 is 2.63 bits per heavy atom. The van der Waals surface area contributed by atoms with Crippen LogP contribution in [0.2, 0.25) is 5.02 Å². The monoisotopic (exact) mass is 677 g/mol. The first-order chi connectivity index (χ1) is 22.1. The van der Waals surface area contributed by atoms with Crippen LogP contribution in [-0.4, -0.2) is 45.5 Å². The third kappa shape index (κ3) is 11.0. The van der Waals surface area contributed by atoms with E-state index in [4.69, 9.17) is 21.1 Å². The Hall–Kier alpha value is -4.27. The molecule has 1 N–H and O–H groups in total. The number of aromatic nitrogens is 4. The Morgan fingerprint density at radius 2 is 1.87 bits per heavy atom. The first kappa shape index (κ1) is 34.6. The Labute approximate surface area is 285 Å². The first-order valence-corrected chi connectivity index (χ1v) is 15.4. The fourth-order valence-electron chi connectivity index (χ4n) is 4.62. The van der Waals surface area contributed by atoms with Crippen LogP contribution in [0.3, 0.4) is 0 Å². The minimum Gasteiger partial charge on any atom is -0.494 e. The SMILES string of the molecule is C1=CCC=C1.O=C(/C=C/C1=CCC=C1)c1ccc(OCCCn2cc(COCCNc3ccnc4cc(Cl)ccc34)nn2)cc1.[Fe+2]. The quantitative estimate of drug-likeness (QED) is 0.0633. The van der Waals surface area contributed by atoms with E-state index in [1.165, 1.54) is 0 Å². The molecule has 0 amide bonds. The maximum absolute atomic E-state index is 12.3. The van der Waals surface area contributed by atoms with Crippen LogP contribution in [0.5, 0.6) is 5.75 Å². The zero-order valence-corrected chi connectivity index (χ0v) is 27.2. The van der Waals surface area contributed by atoms with Crippen LogP contribution in [0.15, 0.2) is 121 Å². The molecule has 10 heteroatoms. The number of carbonyl (C=O) groups excluding carboxylic acids is 1. The van der Waals surface area contributed by atoms with E-state index in [1.807, 2.05) is 54.7 Å². The number of fused-ring (bicyclic) bond motifs is 1. The molecule has 0 unspecified atom stereocenters. The van der Waals surface area contributed by atoms with Crippen LogP contribution in [-0.2, 0) is 35.0 Å². The van der Waals surface area contributed by atoms with Crippen molar-refractivity contribution >= 4 is 34.0 Å². The van der Waals surface area contributed by atoms with Gasteiger partial charge >= 0.3 is 17.1 Å². The van der Waals surface area contributed by atoms with Gasteiger partial charge in [0.2, 0.25) is 0 Å². The molecule has 0 saturated heterocycles. The summed E-state index contributed by atoms with van der Waals surface area (Å²) >= 11 is 6.06. The Bertz CT molecular complexity index is 1720. The number of nitrogens with one attached hydrogen (secondary N) is 1. The van der Waals surface area contributed by atoms with Crippen LogP contribution < -0.4 is 10.1 Å². The third-order valence-corrected chi connectivity index (χ3v) is 7.16. The van der Waals surface area contributed by atoms with Crippen molar-refractivity contribution in [3.63, 3.8) is 0 Å². The van der Waals surface area contributed by atoms with Crippen LogP contribution in [0, 0.1) is 0 Å². The molecule has 2 heterocycles. The number of hydrogen-bond acceptors (Lipinski definition) is 7. The van der Waals surface area contributed by atoms with Gasteiger partial charge in [0, 0.05) is 47.4 Å². The van der Waals surface area contributed by atoms with Crippen molar-refractivity contribution in [2.75, 3.05) is 25.1 Å². The topological polar surface area (TPSA) is 91.2 Å². The number of ketones is 1. The maximum Gasteiger partial charge on any atom is 2.00 e. The van der Waals surface area contributed by atoms with Gasteiger partial charge in [-0.1, -0.05) is 65.4 Å². The van der Waals surface area contributed by atoms with E-state index in [-0.39, 0.29) is 22.9 Å². The molecular weight excluding hydrogens is 642 g/mol. The molecule has 8 nitrogen and oxygen atoms in total. The van der Waals surface area contributed by atoms with Crippen molar-refractivity contribution in [3.05, 3.63) is 137 Å². The van der Waals surface area contributed by atoms with E-state index in [9.17, 15) is 4.79 Å². The normalized spacial score (nSPS) is 13.0. The molecule has 0 fully saturated rings. The second-order valence-corrected chi connectivity index (χ2v) is 10.8. The predicted molar refractivity (Wildman–Crippen MR) is 180 cm³/mol. The number of nitrogens with zero attached hydrogens (tertiary/aromatic N) is 4. The summed E-state index contributed by atoms with van der Waals surface area (Å²) in [7, 11) is 0. The van der Waals surface area contributed by atoms with Crippen LogP contribution in [0.1, 0.15) is 35.3 Å². The van der Waals surface area contributed by atoms with Crippen molar-refractivity contribution in [2.24, 2.45) is 0 Å². The van der Waals surface area contributed by atoms with E-state index in [0.717, 1.165) is 52.9 Å². The molecule has 0 aliphatic heterocycles. The second-order valence-electron chi connectivity index (χ2n) is 10.3. The summed E-state index contributed by atoms with van der Waals surface area (Å²) < 4.78 is 13.4. The molecule has 2 aromatic carbocycles. The molecule has 236 valence electrons. The van der Waals surface area contributed by atoms with Gasteiger partial charge in [-0.05, 0) is 73.0 Å². The molecule has 4 aromatic rings.